The van der Waals surface area contributed by atoms with E-state index in [0.29, 0.717) is 37.6 Å². The Bertz CT molecular complexity index is 1180. The first-order valence-electron chi connectivity index (χ1n) is 11.4. The summed E-state index contributed by atoms with van der Waals surface area (Å²) in [5.74, 6) is 0.891. The highest BCUT2D eigenvalue weighted by molar-refractivity contribution is 6.06. The lowest BCUT2D eigenvalue weighted by molar-refractivity contribution is 0.0711. The van der Waals surface area contributed by atoms with Crippen molar-refractivity contribution >= 4 is 23.0 Å². The van der Waals surface area contributed by atoms with E-state index in [0.717, 1.165) is 47.5 Å². The van der Waals surface area contributed by atoms with E-state index in [1.165, 1.54) is 6.07 Å². The van der Waals surface area contributed by atoms with Gasteiger partial charge in [0.2, 0.25) is 0 Å². The number of anilines is 2. The summed E-state index contributed by atoms with van der Waals surface area (Å²) in [6.45, 7) is 4.15. The second-order valence-corrected chi connectivity index (χ2v) is 8.47. The number of benzene rings is 2. The van der Waals surface area contributed by atoms with Crippen LogP contribution < -0.4 is 10.3 Å². The fourth-order valence-electron chi connectivity index (χ4n) is 4.63. The van der Waals surface area contributed by atoms with E-state index in [1.54, 1.807) is 17.0 Å². The molecule has 0 bridgehead atoms. The number of hydrogen-bond donors (Lipinski definition) is 1. The van der Waals surface area contributed by atoms with E-state index in [4.69, 9.17) is 4.42 Å². The number of hydrazone groups is 1. The van der Waals surface area contributed by atoms with Crippen molar-refractivity contribution in [2.75, 3.05) is 36.5 Å². The van der Waals surface area contributed by atoms with E-state index in [9.17, 15) is 9.18 Å². The summed E-state index contributed by atoms with van der Waals surface area (Å²) >= 11 is 0. The lowest BCUT2D eigenvalue weighted by atomic mass is 9.93. The van der Waals surface area contributed by atoms with Crippen LogP contribution in [-0.2, 0) is 6.42 Å². The van der Waals surface area contributed by atoms with Crippen LogP contribution in [0.25, 0.3) is 0 Å². The Balaban J connectivity index is 1.32. The molecule has 1 aliphatic carbocycles. The second kappa shape index (κ2) is 9.10. The van der Waals surface area contributed by atoms with Crippen LogP contribution in [0.3, 0.4) is 0 Å². The van der Waals surface area contributed by atoms with Crippen molar-refractivity contribution in [1.82, 2.24) is 4.90 Å². The van der Waals surface area contributed by atoms with Crippen molar-refractivity contribution in [3.8, 4) is 0 Å². The van der Waals surface area contributed by atoms with Gasteiger partial charge in [0.25, 0.3) is 5.91 Å². The minimum Gasteiger partial charge on any atom is -0.455 e. The lowest BCUT2D eigenvalue weighted by Gasteiger charge is -2.35. The summed E-state index contributed by atoms with van der Waals surface area (Å²) in [6, 6.07) is 16.6. The van der Waals surface area contributed by atoms with Gasteiger partial charge in [-0.3, -0.25) is 10.2 Å². The number of nitrogens with one attached hydrogen (secondary N) is 1. The summed E-state index contributed by atoms with van der Waals surface area (Å²) in [5, 5.41) is 4.63. The molecule has 1 saturated heterocycles. The number of carbonyl (C=O) groups is 1. The molecule has 3 aromatic rings. The van der Waals surface area contributed by atoms with Gasteiger partial charge in [-0.15, -0.1) is 0 Å². The third-order valence-corrected chi connectivity index (χ3v) is 6.37. The van der Waals surface area contributed by atoms with E-state index < -0.39 is 0 Å². The number of aryl methyl sites for hydroxylation is 1. The number of hydrogen-bond acceptors (Lipinski definition) is 5. The van der Waals surface area contributed by atoms with Gasteiger partial charge in [-0.1, -0.05) is 30.3 Å². The maximum atomic E-state index is 14.1. The summed E-state index contributed by atoms with van der Waals surface area (Å²) in [4.78, 5) is 17.1. The molecule has 1 aromatic heterocycles. The number of furan rings is 1. The van der Waals surface area contributed by atoms with Crippen molar-refractivity contribution in [2.45, 2.75) is 26.2 Å². The van der Waals surface area contributed by atoms with E-state index in [1.807, 2.05) is 48.2 Å². The molecule has 6 nitrogen and oxygen atoms in total. The molecule has 0 saturated carbocycles. The third kappa shape index (κ3) is 4.23. The molecule has 1 N–H and O–H groups in total. The Morgan fingerprint density at radius 1 is 1.00 bits per heavy atom. The molecule has 0 atom stereocenters. The van der Waals surface area contributed by atoms with Gasteiger partial charge in [0.15, 0.2) is 5.76 Å². The van der Waals surface area contributed by atoms with Gasteiger partial charge in [0.1, 0.15) is 11.6 Å². The number of nitrogens with zero attached hydrogens (tertiary/aromatic N) is 3. The molecule has 0 spiro atoms. The number of amides is 1. The fourth-order valence-corrected chi connectivity index (χ4v) is 4.63. The van der Waals surface area contributed by atoms with Crippen LogP contribution >= 0.6 is 0 Å². The van der Waals surface area contributed by atoms with E-state index >= 15 is 0 Å². The van der Waals surface area contributed by atoms with Crippen molar-refractivity contribution in [3.05, 3.63) is 83.1 Å². The first-order valence-corrected chi connectivity index (χ1v) is 11.4. The first-order chi connectivity index (χ1) is 16.1. The number of para-hydroxylation sites is 2. The zero-order chi connectivity index (χ0) is 22.8. The Morgan fingerprint density at radius 2 is 1.73 bits per heavy atom. The standard InChI is InChI=1S/C26H27FN4O2/c1-18-24-21(29-28-19-8-3-2-4-9-19)11-7-13-23(24)33-25(18)26(32)31-16-14-30(15-17-31)22-12-6-5-10-20(22)27/h2-6,8-10,12,28H,7,11,13-17H2,1H3/b29-21+. The van der Waals surface area contributed by atoms with Crippen LogP contribution in [0, 0.1) is 12.7 Å². The fraction of sp³-hybridized carbons (Fsp3) is 0.308. The predicted octanol–water partition coefficient (Wildman–Crippen LogP) is 4.84. The summed E-state index contributed by atoms with van der Waals surface area (Å²) in [6.07, 6.45) is 2.57. The molecule has 1 amide bonds. The molecular formula is C26H27FN4O2. The molecule has 33 heavy (non-hydrogen) atoms. The van der Waals surface area contributed by atoms with Gasteiger partial charge < -0.3 is 14.2 Å². The maximum Gasteiger partial charge on any atom is 0.289 e. The molecule has 5 rings (SSSR count). The summed E-state index contributed by atoms with van der Waals surface area (Å²) in [7, 11) is 0. The van der Waals surface area contributed by atoms with Crippen LogP contribution in [-0.4, -0.2) is 42.7 Å². The SMILES string of the molecule is Cc1c(C(=O)N2CCN(c3ccccc3F)CC2)oc2c1/C(=N/Nc1ccccc1)CCC2. The van der Waals surface area contributed by atoms with Crippen LogP contribution in [0.2, 0.25) is 0 Å². The molecule has 2 heterocycles. The smallest absolute Gasteiger partial charge is 0.289 e. The van der Waals surface area contributed by atoms with Gasteiger partial charge in [0, 0.05) is 43.7 Å². The molecule has 170 valence electrons. The zero-order valence-electron chi connectivity index (χ0n) is 18.7. The number of carbonyl (C=O) groups excluding carboxylic acids is 1. The topological polar surface area (TPSA) is 61.1 Å². The van der Waals surface area contributed by atoms with Gasteiger partial charge >= 0.3 is 0 Å². The first kappa shape index (κ1) is 21.2. The van der Waals surface area contributed by atoms with Crippen molar-refractivity contribution < 1.29 is 13.6 Å². The van der Waals surface area contributed by atoms with Crippen LogP contribution in [0.4, 0.5) is 15.8 Å². The molecule has 2 aromatic carbocycles. The van der Waals surface area contributed by atoms with Crippen molar-refractivity contribution in [2.24, 2.45) is 5.10 Å². The number of piperazine rings is 1. The minimum absolute atomic E-state index is 0.106. The van der Waals surface area contributed by atoms with Crippen molar-refractivity contribution in [3.63, 3.8) is 0 Å². The molecule has 1 fully saturated rings. The highest BCUT2D eigenvalue weighted by Gasteiger charge is 2.31. The number of fused-ring (bicyclic) bond motifs is 1. The minimum atomic E-state index is -0.234. The largest absolute Gasteiger partial charge is 0.455 e. The zero-order valence-corrected chi connectivity index (χ0v) is 18.7. The van der Waals surface area contributed by atoms with Gasteiger partial charge in [-0.2, -0.15) is 5.10 Å². The Kier molecular flexibility index (Phi) is 5.86. The van der Waals surface area contributed by atoms with Crippen molar-refractivity contribution in [1.29, 1.82) is 0 Å². The Hall–Kier alpha value is -3.61. The van der Waals surface area contributed by atoms with Crippen LogP contribution in [0.1, 0.15) is 40.3 Å². The maximum absolute atomic E-state index is 14.1. The lowest BCUT2D eigenvalue weighted by Crippen LogP contribution is -2.49. The quantitative estimate of drug-likeness (QED) is 0.583. The van der Waals surface area contributed by atoms with E-state index in [-0.39, 0.29) is 11.7 Å². The predicted molar refractivity (Wildman–Crippen MR) is 128 cm³/mol. The molecule has 0 unspecified atom stereocenters. The second-order valence-electron chi connectivity index (χ2n) is 8.47. The summed E-state index contributed by atoms with van der Waals surface area (Å²) < 4.78 is 20.2. The Labute approximate surface area is 192 Å². The molecule has 0 radical (unpaired) electrons. The van der Waals surface area contributed by atoms with Gasteiger partial charge in [0.05, 0.1) is 17.1 Å². The van der Waals surface area contributed by atoms with Gasteiger partial charge in [-0.25, -0.2) is 4.39 Å². The number of rotatable bonds is 4. The summed E-state index contributed by atoms with van der Waals surface area (Å²) in [5.41, 5.74) is 7.35. The molecule has 7 heteroatoms. The third-order valence-electron chi connectivity index (χ3n) is 6.37. The number of halogens is 1. The highest BCUT2D eigenvalue weighted by Crippen LogP contribution is 2.31. The highest BCUT2D eigenvalue weighted by atomic mass is 19.1. The van der Waals surface area contributed by atoms with Crippen LogP contribution in [0.15, 0.2) is 64.1 Å². The van der Waals surface area contributed by atoms with E-state index in [2.05, 4.69) is 10.5 Å². The Morgan fingerprint density at radius 3 is 2.48 bits per heavy atom. The molecule has 1 aliphatic heterocycles. The average molecular weight is 447 g/mol. The molecular weight excluding hydrogens is 419 g/mol. The normalized spacial score (nSPS) is 17.2. The monoisotopic (exact) mass is 446 g/mol. The van der Waals surface area contributed by atoms with Gasteiger partial charge in [-0.05, 0) is 44.0 Å². The average Bonchev–Trinajstić information content (AvgIpc) is 3.20. The van der Waals surface area contributed by atoms with Crippen LogP contribution in [0.5, 0.6) is 0 Å². The molecule has 2 aliphatic rings.